The molecule has 0 unspecified atom stereocenters. The number of carbonyl (C=O) groups is 1. The molecule has 1 N–H and O–H groups in total. The van der Waals surface area contributed by atoms with E-state index in [2.05, 4.69) is 10.4 Å². The normalized spacial score (nSPS) is 10.5. The van der Waals surface area contributed by atoms with Crippen LogP contribution in [0.25, 0.3) is 0 Å². The highest BCUT2D eigenvalue weighted by Gasteiger charge is 2.13. The predicted molar refractivity (Wildman–Crippen MR) is 87.6 cm³/mol. The molecule has 1 aromatic heterocycles. The van der Waals surface area contributed by atoms with Gasteiger partial charge in [0.15, 0.2) is 5.75 Å². The van der Waals surface area contributed by atoms with Gasteiger partial charge in [-0.15, -0.1) is 0 Å². The van der Waals surface area contributed by atoms with Crippen LogP contribution < -0.4 is 10.1 Å². The molecule has 2 aromatic rings. The molecule has 0 spiro atoms. The highest BCUT2D eigenvalue weighted by molar-refractivity contribution is 6.32. The molecule has 1 amide bonds. The largest absolute Gasteiger partial charge is 0.490 e. The van der Waals surface area contributed by atoms with Crippen LogP contribution in [0.3, 0.4) is 0 Å². The lowest BCUT2D eigenvalue weighted by molar-refractivity contribution is -0.116. The first-order valence-electron chi connectivity index (χ1n) is 7.23. The molecule has 22 heavy (non-hydrogen) atoms. The Hall–Kier alpha value is -2.01. The Balaban J connectivity index is 2.11. The highest BCUT2D eigenvalue weighted by Crippen LogP contribution is 2.33. The van der Waals surface area contributed by atoms with Gasteiger partial charge in [0, 0.05) is 5.69 Å². The maximum Gasteiger partial charge on any atom is 0.246 e. The lowest BCUT2D eigenvalue weighted by atomic mass is 10.3. The van der Waals surface area contributed by atoms with Gasteiger partial charge in [0.05, 0.1) is 23.0 Å². The van der Waals surface area contributed by atoms with Crippen LogP contribution in [-0.4, -0.2) is 22.3 Å². The fraction of sp³-hybridized carbons (Fsp3) is 0.375. The van der Waals surface area contributed by atoms with Crippen LogP contribution in [-0.2, 0) is 11.3 Å². The van der Waals surface area contributed by atoms with Gasteiger partial charge >= 0.3 is 0 Å². The molecule has 118 valence electrons. The standard InChI is InChI=1S/C16H20ClN3O2/c1-4-8-22-16-13(17)6-5-7-14(16)18-15(21)10-20-12(3)9-11(2)19-20/h5-7,9H,4,8,10H2,1-3H3,(H,18,21). The molecule has 0 aliphatic heterocycles. The van der Waals surface area contributed by atoms with Gasteiger partial charge in [-0.05, 0) is 38.5 Å². The van der Waals surface area contributed by atoms with Crippen LogP contribution in [0, 0.1) is 13.8 Å². The van der Waals surface area contributed by atoms with Crippen molar-refractivity contribution in [3.05, 3.63) is 40.7 Å². The smallest absolute Gasteiger partial charge is 0.246 e. The first-order valence-corrected chi connectivity index (χ1v) is 7.61. The van der Waals surface area contributed by atoms with Crippen molar-refractivity contribution in [2.45, 2.75) is 33.7 Å². The van der Waals surface area contributed by atoms with Crippen LogP contribution in [0.15, 0.2) is 24.3 Å². The van der Waals surface area contributed by atoms with Crippen molar-refractivity contribution in [3.63, 3.8) is 0 Å². The molecule has 2 rings (SSSR count). The van der Waals surface area contributed by atoms with E-state index in [1.165, 1.54) is 0 Å². The van der Waals surface area contributed by atoms with Crippen LogP contribution >= 0.6 is 11.6 Å². The zero-order valence-electron chi connectivity index (χ0n) is 13.0. The Morgan fingerprint density at radius 2 is 2.18 bits per heavy atom. The number of aromatic nitrogens is 2. The summed E-state index contributed by atoms with van der Waals surface area (Å²) in [5.41, 5.74) is 2.41. The Morgan fingerprint density at radius 3 is 2.82 bits per heavy atom. The molecule has 0 atom stereocenters. The average Bonchev–Trinajstić information content (AvgIpc) is 2.76. The molecule has 0 saturated heterocycles. The molecule has 1 aromatic carbocycles. The number of hydrogen-bond donors (Lipinski definition) is 1. The maximum absolute atomic E-state index is 12.2. The molecule has 6 heteroatoms. The van der Waals surface area contributed by atoms with Gasteiger partial charge in [-0.2, -0.15) is 5.10 Å². The van der Waals surface area contributed by atoms with Crippen LogP contribution in [0.1, 0.15) is 24.7 Å². The second kappa shape index (κ2) is 7.31. The molecule has 1 heterocycles. The number of amides is 1. The summed E-state index contributed by atoms with van der Waals surface area (Å²) in [6.07, 6.45) is 0.865. The van der Waals surface area contributed by atoms with Crippen molar-refractivity contribution in [2.75, 3.05) is 11.9 Å². The van der Waals surface area contributed by atoms with Gasteiger partial charge < -0.3 is 10.1 Å². The van der Waals surface area contributed by atoms with E-state index >= 15 is 0 Å². The number of nitrogens with one attached hydrogen (secondary N) is 1. The topological polar surface area (TPSA) is 56.1 Å². The summed E-state index contributed by atoms with van der Waals surface area (Å²) in [5.74, 6) is 0.336. The molecule has 0 fully saturated rings. The fourth-order valence-corrected chi connectivity index (χ4v) is 2.35. The summed E-state index contributed by atoms with van der Waals surface area (Å²) >= 11 is 6.14. The fourth-order valence-electron chi connectivity index (χ4n) is 2.12. The van der Waals surface area contributed by atoms with E-state index in [1.807, 2.05) is 26.8 Å². The lowest BCUT2D eigenvalue weighted by Crippen LogP contribution is -2.20. The average molecular weight is 322 g/mol. The lowest BCUT2D eigenvalue weighted by Gasteiger charge is -2.13. The van der Waals surface area contributed by atoms with Gasteiger partial charge in [0.25, 0.3) is 0 Å². The van der Waals surface area contributed by atoms with Gasteiger partial charge in [-0.3, -0.25) is 9.48 Å². The molecular weight excluding hydrogens is 302 g/mol. The SMILES string of the molecule is CCCOc1c(Cl)cccc1NC(=O)Cn1nc(C)cc1C. The first kappa shape index (κ1) is 16.4. The van der Waals surface area contributed by atoms with Crippen LogP contribution in [0.5, 0.6) is 5.75 Å². The van der Waals surface area contributed by atoms with E-state index in [0.717, 1.165) is 17.8 Å². The number of anilines is 1. The number of benzene rings is 1. The van der Waals surface area contributed by atoms with Crippen molar-refractivity contribution in [1.82, 2.24) is 9.78 Å². The Labute approximate surface area is 135 Å². The predicted octanol–water partition coefficient (Wildman–Crippen LogP) is 3.58. The van der Waals surface area contributed by atoms with Crippen molar-refractivity contribution >= 4 is 23.2 Å². The first-order chi connectivity index (χ1) is 10.5. The summed E-state index contributed by atoms with van der Waals surface area (Å²) in [6, 6.07) is 7.22. The second-order valence-corrected chi connectivity index (χ2v) is 5.51. The summed E-state index contributed by atoms with van der Waals surface area (Å²) in [7, 11) is 0. The highest BCUT2D eigenvalue weighted by atomic mass is 35.5. The van der Waals surface area contributed by atoms with Crippen LogP contribution in [0.4, 0.5) is 5.69 Å². The number of para-hydroxylation sites is 1. The number of aryl methyl sites for hydroxylation is 2. The van der Waals surface area contributed by atoms with Crippen molar-refractivity contribution in [1.29, 1.82) is 0 Å². The van der Waals surface area contributed by atoms with E-state index in [4.69, 9.17) is 16.3 Å². The third-order valence-corrected chi connectivity index (χ3v) is 3.39. The van der Waals surface area contributed by atoms with E-state index in [-0.39, 0.29) is 12.5 Å². The van der Waals surface area contributed by atoms with E-state index < -0.39 is 0 Å². The molecule has 0 aliphatic carbocycles. The van der Waals surface area contributed by atoms with E-state index in [9.17, 15) is 4.79 Å². The molecule has 0 bridgehead atoms. The quantitative estimate of drug-likeness (QED) is 0.884. The summed E-state index contributed by atoms with van der Waals surface area (Å²) < 4.78 is 7.30. The number of halogens is 1. The maximum atomic E-state index is 12.2. The number of carbonyl (C=O) groups excluding carboxylic acids is 1. The molecule has 0 aliphatic rings. The Morgan fingerprint density at radius 1 is 1.41 bits per heavy atom. The summed E-state index contributed by atoms with van der Waals surface area (Å²) in [5, 5.41) is 7.60. The van der Waals surface area contributed by atoms with Crippen LogP contribution in [0.2, 0.25) is 5.02 Å². The zero-order chi connectivity index (χ0) is 16.1. The second-order valence-electron chi connectivity index (χ2n) is 5.10. The third kappa shape index (κ3) is 4.01. The number of hydrogen-bond acceptors (Lipinski definition) is 3. The minimum absolute atomic E-state index is 0.152. The molecular formula is C16H20ClN3O2. The summed E-state index contributed by atoms with van der Waals surface area (Å²) in [4.78, 5) is 12.2. The van der Waals surface area contributed by atoms with Gasteiger partial charge in [-0.25, -0.2) is 0 Å². The van der Waals surface area contributed by atoms with E-state index in [0.29, 0.717) is 23.1 Å². The number of nitrogens with zero attached hydrogens (tertiary/aromatic N) is 2. The van der Waals surface area contributed by atoms with Crippen molar-refractivity contribution < 1.29 is 9.53 Å². The number of rotatable bonds is 6. The molecule has 0 radical (unpaired) electrons. The van der Waals surface area contributed by atoms with E-state index in [1.54, 1.807) is 22.9 Å². The Kier molecular flexibility index (Phi) is 5.44. The summed E-state index contributed by atoms with van der Waals surface area (Å²) in [6.45, 7) is 6.53. The van der Waals surface area contributed by atoms with Crippen molar-refractivity contribution in [2.24, 2.45) is 0 Å². The zero-order valence-corrected chi connectivity index (χ0v) is 13.8. The molecule has 0 saturated carbocycles. The third-order valence-electron chi connectivity index (χ3n) is 3.09. The van der Waals surface area contributed by atoms with Gasteiger partial charge in [0.2, 0.25) is 5.91 Å². The molecule has 5 nitrogen and oxygen atoms in total. The Bertz CT molecular complexity index is 667. The van der Waals surface area contributed by atoms with Crippen molar-refractivity contribution in [3.8, 4) is 5.75 Å². The van der Waals surface area contributed by atoms with Gasteiger partial charge in [-0.1, -0.05) is 24.6 Å². The van der Waals surface area contributed by atoms with Gasteiger partial charge in [0.1, 0.15) is 6.54 Å². The minimum Gasteiger partial charge on any atom is -0.490 e. The number of ether oxygens (including phenoxy) is 1. The minimum atomic E-state index is -0.171. The monoisotopic (exact) mass is 321 g/mol.